The van der Waals surface area contributed by atoms with Crippen LogP contribution in [0.3, 0.4) is 0 Å². The highest BCUT2D eigenvalue weighted by molar-refractivity contribution is 6.31. The van der Waals surface area contributed by atoms with E-state index in [2.05, 4.69) is 0 Å². The van der Waals surface area contributed by atoms with Crippen LogP contribution in [-0.4, -0.2) is 139 Å². The summed E-state index contributed by atoms with van der Waals surface area (Å²) in [6.07, 6.45) is -15.8. The number of phenols is 2. The van der Waals surface area contributed by atoms with E-state index in [9.17, 15) is 60.0 Å². The molecule has 2 saturated heterocycles. The molecule has 10 N–H and O–H groups in total. The van der Waals surface area contributed by atoms with Crippen molar-refractivity contribution < 1.29 is 83.7 Å². The fraction of sp³-hybridized carbons (Fsp3) is 0.515. The summed E-state index contributed by atoms with van der Waals surface area (Å²) in [5, 5.41) is 84.2. The minimum absolute atomic E-state index is 0.0366. The van der Waals surface area contributed by atoms with Gasteiger partial charge in [-0.15, -0.1) is 0 Å². The second kappa shape index (κ2) is 13.5. The Morgan fingerprint density at radius 3 is 2.29 bits per heavy atom. The van der Waals surface area contributed by atoms with Crippen LogP contribution in [0.2, 0.25) is 0 Å². The average Bonchev–Trinajstić information content (AvgIpc) is 3.08. The van der Waals surface area contributed by atoms with Gasteiger partial charge in [0.15, 0.2) is 30.3 Å². The third-order valence-corrected chi connectivity index (χ3v) is 9.87. The van der Waals surface area contributed by atoms with Gasteiger partial charge in [0.05, 0.1) is 36.0 Å². The zero-order chi connectivity index (χ0) is 37.3. The number of carbonyl (C=O) groups is 4. The summed E-state index contributed by atoms with van der Waals surface area (Å²) in [6, 6.07) is 3.24. The van der Waals surface area contributed by atoms with Crippen molar-refractivity contribution in [1.29, 1.82) is 0 Å². The highest BCUT2D eigenvalue weighted by Crippen LogP contribution is 2.52. The van der Waals surface area contributed by atoms with Gasteiger partial charge in [0.1, 0.15) is 53.9 Å². The van der Waals surface area contributed by atoms with Crippen molar-refractivity contribution >= 4 is 23.3 Å². The van der Waals surface area contributed by atoms with Gasteiger partial charge in [-0.1, -0.05) is 12.1 Å². The third kappa shape index (κ3) is 5.96. The Bertz CT molecular complexity index is 1770. The van der Waals surface area contributed by atoms with Gasteiger partial charge in [-0.3, -0.25) is 14.4 Å². The van der Waals surface area contributed by atoms with Gasteiger partial charge in [-0.2, -0.15) is 0 Å². The van der Waals surface area contributed by atoms with Gasteiger partial charge >= 0.3 is 5.97 Å². The molecule has 18 nitrogen and oxygen atoms in total. The summed E-state index contributed by atoms with van der Waals surface area (Å²) < 4.78 is 28.3. The zero-order valence-corrected chi connectivity index (χ0v) is 27.2. The lowest BCUT2D eigenvalue weighted by Gasteiger charge is -2.45. The van der Waals surface area contributed by atoms with E-state index in [1.807, 2.05) is 0 Å². The molecule has 2 aromatic rings. The number of Topliss-reactive ketones (excluding diaryl/α,β-unsaturated/α-hetero) is 1. The summed E-state index contributed by atoms with van der Waals surface area (Å²) >= 11 is 0. The monoisotopic (exact) mass is 719 g/mol. The summed E-state index contributed by atoms with van der Waals surface area (Å²) in [5.74, 6) is -5.87. The van der Waals surface area contributed by atoms with Gasteiger partial charge in [0.2, 0.25) is 5.78 Å². The number of ether oxygens (including phenoxy) is 5. The second-order valence-corrected chi connectivity index (χ2v) is 13.0. The fourth-order valence-electron chi connectivity index (χ4n) is 7.27. The Morgan fingerprint density at radius 1 is 0.980 bits per heavy atom. The van der Waals surface area contributed by atoms with Gasteiger partial charge in [0.25, 0.3) is 0 Å². The fourth-order valence-corrected chi connectivity index (χ4v) is 7.27. The molecule has 18 heteroatoms. The van der Waals surface area contributed by atoms with Crippen molar-refractivity contribution in [2.75, 3.05) is 13.7 Å². The zero-order valence-electron chi connectivity index (χ0n) is 27.2. The smallest absolute Gasteiger partial charge is 0.335 e. The van der Waals surface area contributed by atoms with E-state index in [0.717, 1.165) is 0 Å². The maximum atomic E-state index is 13.8. The molecule has 0 amide bonds. The number of nitrogens with two attached hydrogens (primary N) is 1. The summed E-state index contributed by atoms with van der Waals surface area (Å²) in [6.45, 7) is 0.371. The molecule has 11 atom stereocenters. The molecule has 0 bridgehead atoms. The van der Waals surface area contributed by atoms with Crippen LogP contribution in [0.15, 0.2) is 18.2 Å². The molecule has 0 radical (unpaired) electrons. The number of aliphatic hydroxyl groups is 5. The minimum Gasteiger partial charge on any atom is -0.507 e. The first kappa shape index (κ1) is 36.7. The van der Waals surface area contributed by atoms with Crippen molar-refractivity contribution in [3.8, 4) is 17.2 Å². The Kier molecular flexibility index (Phi) is 9.70. The lowest BCUT2D eigenvalue weighted by atomic mass is 9.72. The highest BCUT2D eigenvalue weighted by Gasteiger charge is 2.52. The molecule has 2 heterocycles. The number of carbonyl (C=O) groups excluding carboxylic acids is 3. The molecular weight excluding hydrogens is 682 g/mol. The highest BCUT2D eigenvalue weighted by atomic mass is 16.7. The Balaban J connectivity index is 1.32. The van der Waals surface area contributed by atoms with Crippen molar-refractivity contribution in [3.05, 3.63) is 51.6 Å². The molecule has 2 fully saturated rings. The van der Waals surface area contributed by atoms with Gasteiger partial charge in [-0.05, 0) is 13.0 Å². The molecule has 2 aliphatic heterocycles. The lowest BCUT2D eigenvalue weighted by Crippen LogP contribution is -2.63. The molecule has 4 aliphatic rings. The number of carboxylic acid groups (broad SMARTS) is 1. The molecule has 0 spiro atoms. The second-order valence-electron chi connectivity index (χ2n) is 13.0. The SMILES string of the molecule is COc1cccc2c1C(=O)c1c(O)c3c(c(O)c1C2=O)C[C@@](O)(C(=O)CO)C[C@@H]3O[C@H]1C[C@H](N)[C@@H](OC2O[C@H](C(=O)O)[C@@H](O)[C@H](O)[C@H]2O)[C@H](C)O1. The predicted molar refractivity (Wildman–Crippen MR) is 165 cm³/mol. The first-order valence-corrected chi connectivity index (χ1v) is 15.9. The molecule has 0 aromatic heterocycles. The van der Waals surface area contributed by atoms with Crippen LogP contribution in [0, 0.1) is 0 Å². The van der Waals surface area contributed by atoms with Crippen molar-refractivity contribution in [1.82, 2.24) is 0 Å². The van der Waals surface area contributed by atoms with Gasteiger partial charge in [-0.25, -0.2) is 4.79 Å². The Morgan fingerprint density at radius 2 is 1.67 bits per heavy atom. The van der Waals surface area contributed by atoms with Crippen LogP contribution in [0.25, 0.3) is 0 Å². The molecule has 0 saturated carbocycles. The van der Waals surface area contributed by atoms with E-state index in [1.54, 1.807) is 0 Å². The minimum atomic E-state index is -2.37. The van der Waals surface area contributed by atoms with E-state index in [1.165, 1.54) is 32.2 Å². The first-order valence-electron chi connectivity index (χ1n) is 15.9. The average molecular weight is 720 g/mol. The first-order chi connectivity index (χ1) is 24.0. The molecular formula is C33H37NO17. The molecule has 2 aromatic carbocycles. The standard InChI is InChI=1S/C33H37NO17/c1-10-29(50-32-28(43)26(41)27(42)30(51-32)31(44)45)13(34)6-17(48-10)49-15-8-33(46,16(36)9-35)7-12-19(15)25(40)21-20(23(12)38)22(37)11-4-3-5-14(47-2)18(11)24(21)39/h3-5,10,13,15,17,26-30,32,35,38,40-43,46H,6-9,34H2,1-2H3,(H,44,45)/t10-,13-,15-,17-,26-,27-,28+,29-,30-,32?,33-/m0/s1. The van der Waals surface area contributed by atoms with Crippen molar-refractivity contribution in [2.45, 2.75) is 93.1 Å². The maximum absolute atomic E-state index is 13.8. The Labute approximate surface area is 288 Å². The molecule has 6 rings (SSSR count). The normalized spacial score (nSPS) is 34.7. The number of phenolic OH excluding ortho intramolecular Hbond substituents is 2. The third-order valence-electron chi connectivity index (χ3n) is 9.87. The number of carboxylic acids is 1. The predicted octanol–water partition coefficient (Wildman–Crippen LogP) is -2.08. The van der Waals surface area contributed by atoms with E-state index in [4.69, 9.17) is 29.4 Å². The van der Waals surface area contributed by atoms with Crippen LogP contribution in [0.1, 0.15) is 68.8 Å². The van der Waals surface area contributed by atoms with Crippen LogP contribution in [-0.2, 0) is 35.0 Å². The maximum Gasteiger partial charge on any atom is 0.335 e. The largest absolute Gasteiger partial charge is 0.507 e. The topological polar surface area (TPSA) is 302 Å². The summed E-state index contributed by atoms with van der Waals surface area (Å²) in [7, 11) is 1.28. The number of aromatic hydroxyl groups is 2. The van der Waals surface area contributed by atoms with Gasteiger partial charge < -0.3 is 70.3 Å². The number of methoxy groups -OCH3 is 1. The summed E-state index contributed by atoms with van der Waals surface area (Å²) in [4.78, 5) is 51.9. The van der Waals surface area contributed by atoms with Crippen LogP contribution in [0.5, 0.6) is 17.2 Å². The molecule has 1 unspecified atom stereocenters. The number of benzene rings is 2. The number of aliphatic hydroxyl groups excluding tert-OH is 4. The lowest BCUT2D eigenvalue weighted by molar-refractivity contribution is -0.328. The van der Waals surface area contributed by atoms with Crippen molar-refractivity contribution in [2.24, 2.45) is 5.73 Å². The van der Waals surface area contributed by atoms with Crippen LogP contribution >= 0.6 is 0 Å². The van der Waals surface area contributed by atoms with E-state index in [-0.39, 0.29) is 34.4 Å². The number of aliphatic carboxylic acids is 1. The molecule has 51 heavy (non-hydrogen) atoms. The summed E-state index contributed by atoms with van der Waals surface area (Å²) in [5.41, 5.74) is 2.12. The van der Waals surface area contributed by atoms with E-state index >= 15 is 0 Å². The van der Waals surface area contributed by atoms with E-state index in [0.29, 0.717) is 0 Å². The van der Waals surface area contributed by atoms with Gasteiger partial charge in [0, 0.05) is 42.0 Å². The quantitative estimate of drug-likeness (QED) is 0.113. The molecule has 276 valence electrons. The number of hydrogen-bond donors (Lipinski definition) is 9. The van der Waals surface area contributed by atoms with Crippen LogP contribution < -0.4 is 10.5 Å². The number of fused-ring (bicyclic) bond motifs is 3. The van der Waals surface area contributed by atoms with Crippen molar-refractivity contribution in [3.63, 3.8) is 0 Å². The Hall–Kier alpha value is -4.08. The number of hydrogen-bond acceptors (Lipinski definition) is 17. The number of rotatable bonds is 8. The number of ketones is 3. The van der Waals surface area contributed by atoms with Crippen LogP contribution in [0.4, 0.5) is 0 Å². The van der Waals surface area contributed by atoms with E-state index < -0.39 is 132 Å². The molecule has 2 aliphatic carbocycles.